The lowest BCUT2D eigenvalue weighted by Gasteiger charge is -2.24. The molecule has 0 fully saturated rings. The molecule has 0 heterocycles. The van der Waals surface area contributed by atoms with Crippen molar-refractivity contribution in [2.75, 3.05) is 13.1 Å². The summed E-state index contributed by atoms with van der Waals surface area (Å²) in [5.74, 6) is -0.848. The maximum atomic E-state index is 10.6. The molecule has 0 radical (unpaired) electrons. The first-order valence-corrected chi connectivity index (χ1v) is 4.56. The molecule has 0 rings (SSSR count). The molecule has 0 aromatic carbocycles. The highest BCUT2D eigenvalue weighted by Crippen LogP contribution is 2.04. The second-order valence-corrected chi connectivity index (χ2v) is 2.86. The van der Waals surface area contributed by atoms with Crippen molar-refractivity contribution >= 4 is 12.3 Å². The van der Waals surface area contributed by atoms with Crippen molar-refractivity contribution in [2.24, 2.45) is 0 Å². The summed E-state index contributed by atoms with van der Waals surface area (Å²) >= 11 is 0. The van der Waals surface area contributed by atoms with E-state index in [2.05, 4.69) is 0 Å². The maximum absolute atomic E-state index is 10.6. The van der Waals surface area contributed by atoms with Gasteiger partial charge in [-0.3, -0.25) is 9.69 Å². The predicted octanol–water partition coefficient (Wildman–Crippen LogP) is 0.760. The molecule has 0 saturated heterocycles. The van der Waals surface area contributed by atoms with Crippen LogP contribution in [0.15, 0.2) is 0 Å². The number of hydrogen-bond donors (Lipinski definition) is 1. The van der Waals surface area contributed by atoms with Gasteiger partial charge in [0.05, 0.1) is 6.04 Å². The van der Waals surface area contributed by atoms with E-state index in [0.29, 0.717) is 6.42 Å². The van der Waals surface area contributed by atoms with Crippen molar-refractivity contribution < 1.29 is 14.7 Å². The number of carboxylic acid groups (broad SMARTS) is 1. The van der Waals surface area contributed by atoms with Crippen LogP contribution in [0.3, 0.4) is 0 Å². The summed E-state index contributed by atoms with van der Waals surface area (Å²) in [5.41, 5.74) is 0. The monoisotopic (exact) mass is 187 g/mol. The molecule has 0 aromatic heterocycles. The Morgan fingerprint density at radius 3 is 2.31 bits per heavy atom. The number of likely N-dealkylation sites (N-methyl/N-ethyl adjacent to an activating group) is 1. The highest BCUT2D eigenvalue weighted by molar-refractivity contribution is 5.68. The van der Waals surface area contributed by atoms with Crippen LogP contribution < -0.4 is 0 Å². The summed E-state index contributed by atoms with van der Waals surface area (Å²) in [4.78, 5) is 22.9. The van der Waals surface area contributed by atoms with Crippen molar-refractivity contribution in [3.8, 4) is 0 Å². The summed E-state index contributed by atoms with van der Waals surface area (Å²) in [6.45, 7) is 5.47. The maximum Gasteiger partial charge on any atom is 0.303 e. The average Bonchev–Trinajstić information content (AvgIpc) is 2.11. The molecule has 4 nitrogen and oxygen atoms in total. The Morgan fingerprint density at radius 2 is 2.00 bits per heavy atom. The smallest absolute Gasteiger partial charge is 0.303 e. The quantitative estimate of drug-likeness (QED) is 0.598. The van der Waals surface area contributed by atoms with Gasteiger partial charge in [0.2, 0.25) is 0 Å². The summed E-state index contributed by atoms with van der Waals surface area (Å²) in [6, 6.07) is -0.244. The zero-order valence-electron chi connectivity index (χ0n) is 8.19. The van der Waals surface area contributed by atoms with Gasteiger partial charge in [0.1, 0.15) is 6.29 Å². The van der Waals surface area contributed by atoms with Crippen LogP contribution in [-0.2, 0) is 9.59 Å². The molecule has 0 saturated carbocycles. The van der Waals surface area contributed by atoms with Gasteiger partial charge in [-0.15, -0.1) is 0 Å². The second-order valence-electron chi connectivity index (χ2n) is 2.86. The van der Waals surface area contributed by atoms with Crippen LogP contribution in [-0.4, -0.2) is 41.4 Å². The highest BCUT2D eigenvalue weighted by Gasteiger charge is 2.15. The molecule has 0 spiro atoms. The number of nitrogens with zero attached hydrogens (tertiary/aromatic N) is 1. The molecule has 0 bridgehead atoms. The molecular weight excluding hydrogens is 170 g/mol. The van der Waals surface area contributed by atoms with E-state index >= 15 is 0 Å². The Bertz CT molecular complexity index is 166. The number of carboxylic acids is 1. The molecule has 0 aliphatic heterocycles. The van der Waals surface area contributed by atoms with Crippen LogP contribution >= 0.6 is 0 Å². The number of hydrogen-bond acceptors (Lipinski definition) is 3. The SMILES string of the molecule is CCN(CC)C(C=O)CCC(=O)O. The first-order valence-electron chi connectivity index (χ1n) is 4.56. The van der Waals surface area contributed by atoms with Crippen LogP contribution in [0.2, 0.25) is 0 Å². The van der Waals surface area contributed by atoms with E-state index in [-0.39, 0.29) is 12.5 Å². The van der Waals surface area contributed by atoms with E-state index < -0.39 is 5.97 Å². The Balaban J connectivity index is 3.99. The third-order valence-electron chi connectivity index (χ3n) is 2.09. The fourth-order valence-corrected chi connectivity index (χ4v) is 1.30. The first-order chi connectivity index (χ1) is 6.15. The van der Waals surface area contributed by atoms with Crippen molar-refractivity contribution in [3.05, 3.63) is 0 Å². The third-order valence-corrected chi connectivity index (χ3v) is 2.09. The zero-order chi connectivity index (χ0) is 10.3. The van der Waals surface area contributed by atoms with Crippen molar-refractivity contribution in [1.29, 1.82) is 0 Å². The van der Waals surface area contributed by atoms with Gasteiger partial charge in [-0.1, -0.05) is 13.8 Å². The molecule has 4 heteroatoms. The molecule has 76 valence electrons. The van der Waals surface area contributed by atoms with Crippen molar-refractivity contribution in [2.45, 2.75) is 32.7 Å². The lowest BCUT2D eigenvalue weighted by molar-refractivity contribution is -0.137. The van der Waals surface area contributed by atoms with E-state index in [0.717, 1.165) is 19.4 Å². The Kier molecular flexibility index (Phi) is 6.14. The largest absolute Gasteiger partial charge is 0.481 e. The lowest BCUT2D eigenvalue weighted by Crippen LogP contribution is -2.36. The molecule has 13 heavy (non-hydrogen) atoms. The molecule has 0 aliphatic carbocycles. The Labute approximate surface area is 78.5 Å². The molecule has 1 unspecified atom stereocenters. The summed E-state index contributed by atoms with van der Waals surface area (Å²) in [6.07, 6.45) is 1.29. The van der Waals surface area contributed by atoms with Gasteiger partial charge >= 0.3 is 5.97 Å². The number of aldehydes is 1. The van der Waals surface area contributed by atoms with E-state index in [4.69, 9.17) is 5.11 Å². The first kappa shape index (κ1) is 12.1. The third kappa shape index (κ3) is 4.62. The minimum atomic E-state index is -0.848. The molecule has 0 amide bonds. The topological polar surface area (TPSA) is 57.6 Å². The fraction of sp³-hybridized carbons (Fsp3) is 0.778. The van der Waals surface area contributed by atoms with Gasteiger partial charge in [0, 0.05) is 6.42 Å². The Morgan fingerprint density at radius 1 is 1.46 bits per heavy atom. The number of carbonyl (C=O) groups is 2. The average molecular weight is 187 g/mol. The highest BCUT2D eigenvalue weighted by atomic mass is 16.4. The van der Waals surface area contributed by atoms with Gasteiger partial charge in [-0.2, -0.15) is 0 Å². The van der Waals surface area contributed by atoms with Gasteiger partial charge in [-0.05, 0) is 19.5 Å². The van der Waals surface area contributed by atoms with Crippen LogP contribution in [0, 0.1) is 0 Å². The van der Waals surface area contributed by atoms with E-state index in [1.165, 1.54) is 0 Å². The summed E-state index contributed by atoms with van der Waals surface area (Å²) < 4.78 is 0. The Hall–Kier alpha value is -0.900. The number of aliphatic carboxylic acids is 1. The van der Waals surface area contributed by atoms with E-state index in [1.807, 2.05) is 18.7 Å². The minimum Gasteiger partial charge on any atom is -0.481 e. The van der Waals surface area contributed by atoms with Crippen LogP contribution in [0.4, 0.5) is 0 Å². The van der Waals surface area contributed by atoms with Crippen LogP contribution in [0.5, 0.6) is 0 Å². The van der Waals surface area contributed by atoms with Crippen molar-refractivity contribution in [3.63, 3.8) is 0 Å². The molecular formula is C9H17NO3. The molecule has 0 aromatic rings. The zero-order valence-corrected chi connectivity index (χ0v) is 8.19. The summed E-state index contributed by atoms with van der Waals surface area (Å²) in [5, 5.41) is 8.45. The predicted molar refractivity (Wildman–Crippen MR) is 49.6 cm³/mol. The second kappa shape index (κ2) is 6.60. The standard InChI is InChI=1S/C9H17NO3/c1-3-10(4-2)8(7-11)5-6-9(12)13/h7-8H,3-6H2,1-2H3,(H,12,13). The molecule has 0 aliphatic rings. The van der Waals surface area contributed by atoms with Gasteiger partial charge in [-0.25, -0.2) is 0 Å². The van der Waals surface area contributed by atoms with E-state index in [9.17, 15) is 9.59 Å². The number of carbonyl (C=O) groups excluding carboxylic acids is 1. The van der Waals surface area contributed by atoms with E-state index in [1.54, 1.807) is 0 Å². The van der Waals surface area contributed by atoms with Gasteiger partial charge in [0.25, 0.3) is 0 Å². The minimum absolute atomic E-state index is 0.0555. The van der Waals surface area contributed by atoms with Crippen molar-refractivity contribution in [1.82, 2.24) is 4.90 Å². The normalized spacial score (nSPS) is 12.8. The fourth-order valence-electron chi connectivity index (χ4n) is 1.30. The van der Waals surface area contributed by atoms with Crippen LogP contribution in [0.1, 0.15) is 26.7 Å². The summed E-state index contributed by atoms with van der Waals surface area (Å²) in [7, 11) is 0. The van der Waals surface area contributed by atoms with Gasteiger partial charge in [0.15, 0.2) is 0 Å². The lowest BCUT2D eigenvalue weighted by atomic mass is 10.1. The number of rotatable bonds is 7. The van der Waals surface area contributed by atoms with Crippen LogP contribution in [0.25, 0.3) is 0 Å². The molecule has 1 atom stereocenters. The molecule has 1 N–H and O–H groups in total. The van der Waals surface area contributed by atoms with Gasteiger partial charge < -0.3 is 9.90 Å².